The Morgan fingerprint density at radius 3 is 2.80 bits per heavy atom. The predicted molar refractivity (Wildman–Crippen MR) is 83.6 cm³/mol. The van der Waals surface area contributed by atoms with Crippen LogP contribution in [-0.2, 0) is 13.5 Å². The van der Waals surface area contributed by atoms with E-state index >= 15 is 0 Å². The van der Waals surface area contributed by atoms with Gasteiger partial charge in [0.1, 0.15) is 0 Å². The quantitative estimate of drug-likeness (QED) is 0.900. The van der Waals surface area contributed by atoms with Crippen molar-refractivity contribution < 1.29 is 0 Å². The average molecular weight is 278 g/mol. The van der Waals surface area contributed by atoms with Crippen LogP contribution in [0.3, 0.4) is 0 Å². The second-order valence-electron chi connectivity index (χ2n) is 6.03. The van der Waals surface area contributed by atoms with Gasteiger partial charge in [-0.15, -0.1) is 0 Å². The van der Waals surface area contributed by atoms with Crippen molar-refractivity contribution in [2.24, 2.45) is 18.7 Å². The van der Waals surface area contributed by atoms with Crippen LogP contribution < -0.4 is 5.73 Å². The van der Waals surface area contributed by atoms with Gasteiger partial charge in [0.2, 0.25) is 0 Å². The van der Waals surface area contributed by atoms with E-state index in [1.807, 2.05) is 11.7 Å². The van der Waals surface area contributed by atoms with Crippen LogP contribution in [0.1, 0.15) is 56.8 Å². The number of rotatable bonds is 5. The molecule has 1 aromatic heterocycles. The molecule has 0 radical (unpaired) electrons. The molecule has 4 nitrogen and oxygen atoms in total. The molecule has 1 saturated heterocycles. The summed E-state index contributed by atoms with van der Waals surface area (Å²) < 4.78 is 1.97. The van der Waals surface area contributed by atoms with Gasteiger partial charge in [0.15, 0.2) is 0 Å². The summed E-state index contributed by atoms with van der Waals surface area (Å²) in [6.07, 6.45) is 8.29. The van der Waals surface area contributed by atoms with Gasteiger partial charge in [0, 0.05) is 24.8 Å². The normalized spacial score (nSPS) is 24.8. The monoisotopic (exact) mass is 278 g/mol. The molecule has 2 N–H and O–H groups in total. The molecule has 1 fully saturated rings. The minimum atomic E-state index is 0.464. The maximum atomic E-state index is 6.10. The number of nitrogens with two attached hydrogens (primary N) is 1. The Hall–Kier alpha value is -0.870. The lowest BCUT2D eigenvalue weighted by Crippen LogP contribution is -2.36. The molecule has 2 unspecified atom stereocenters. The minimum absolute atomic E-state index is 0.464. The summed E-state index contributed by atoms with van der Waals surface area (Å²) in [5.41, 5.74) is 8.77. The van der Waals surface area contributed by atoms with Crippen molar-refractivity contribution in [1.82, 2.24) is 14.7 Å². The third-order valence-corrected chi connectivity index (χ3v) is 4.51. The highest BCUT2D eigenvalue weighted by molar-refractivity contribution is 5.23. The maximum Gasteiger partial charge on any atom is 0.0669 e. The van der Waals surface area contributed by atoms with Crippen LogP contribution in [0.25, 0.3) is 0 Å². The first-order valence-electron chi connectivity index (χ1n) is 8.17. The zero-order chi connectivity index (χ0) is 14.5. The van der Waals surface area contributed by atoms with Crippen molar-refractivity contribution in [2.75, 3.05) is 19.6 Å². The molecule has 1 aliphatic heterocycles. The molecule has 1 aromatic rings. The van der Waals surface area contributed by atoms with Crippen LogP contribution in [0.2, 0.25) is 0 Å². The van der Waals surface area contributed by atoms with Crippen LogP contribution in [0.15, 0.2) is 6.20 Å². The Morgan fingerprint density at radius 2 is 2.15 bits per heavy atom. The van der Waals surface area contributed by atoms with Gasteiger partial charge >= 0.3 is 0 Å². The fourth-order valence-corrected chi connectivity index (χ4v) is 3.63. The number of aromatic nitrogens is 2. The van der Waals surface area contributed by atoms with Crippen LogP contribution in [0, 0.1) is 5.92 Å². The zero-order valence-corrected chi connectivity index (χ0v) is 13.3. The molecule has 20 heavy (non-hydrogen) atoms. The topological polar surface area (TPSA) is 47.1 Å². The fraction of sp³-hybridized carbons (Fsp3) is 0.812. The van der Waals surface area contributed by atoms with Crippen LogP contribution in [-0.4, -0.2) is 34.3 Å². The van der Waals surface area contributed by atoms with Crippen molar-refractivity contribution in [3.63, 3.8) is 0 Å². The summed E-state index contributed by atoms with van der Waals surface area (Å²) in [5, 5.41) is 4.65. The number of nitrogens with zero attached hydrogens (tertiary/aromatic N) is 3. The highest BCUT2D eigenvalue weighted by Crippen LogP contribution is 2.36. The molecule has 2 rings (SSSR count). The van der Waals surface area contributed by atoms with Crippen molar-refractivity contribution in [2.45, 2.75) is 52.0 Å². The summed E-state index contributed by atoms with van der Waals surface area (Å²) in [5.74, 6) is 0.568. The number of hydrogen-bond donors (Lipinski definition) is 1. The first-order chi connectivity index (χ1) is 9.71. The molecule has 2 atom stereocenters. The van der Waals surface area contributed by atoms with E-state index in [4.69, 9.17) is 5.73 Å². The standard InChI is InChI=1S/C16H30N4/c1-4-9-20-10-7-6-8-13(11-17)16(20)14-12-19(3)18-15(14)5-2/h12-13,16H,4-11,17H2,1-3H3. The Kier molecular flexibility index (Phi) is 5.61. The molecule has 0 aliphatic carbocycles. The Balaban J connectivity index is 2.37. The average Bonchev–Trinajstić information content (AvgIpc) is 2.69. The van der Waals surface area contributed by atoms with E-state index < -0.39 is 0 Å². The first-order valence-corrected chi connectivity index (χ1v) is 8.17. The molecular weight excluding hydrogens is 248 g/mol. The second kappa shape index (κ2) is 7.23. The summed E-state index contributed by atoms with van der Waals surface area (Å²) in [4.78, 5) is 2.65. The highest BCUT2D eigenvalue weighted by Gasteiger charge is 2.32. The fourth-order valence-electron chi connectivity index (χ4n) is 3.63. The Bertz CT molecular complexity index is 413. The Labute approximate surface area is 123 Å². The second-order valence-corrected chi connectivity index (χ2v) is 6.03. The number of aryl methyl sites for hydroxylation is 2. The third kappa shape index (κ3) is 3.23. The van der Waals surface area contributed by atoms with E-state index in [-0.39, 0.29) is 0 Å². The number of likely N-dealkylation sites (tertiary alicyclic amines) is 1. The molecular formula is C16H30N4. The van der Waals surface area contributed by atoms with Gasteiger partial charge in [-0.05, 0) is 51.2 Å². The summed E-state index contributed by atoms with van der Waals surface area (Å²) in [7, 11) is 2.03. The summed E-state index contributed by atoms with van der Waals surface area (Å²) >= 11 is 0. The first kappa shape index (κ1) is 15.5. The van der Waals surface area contributed by atoms with E-state index in [0.29, 0.717) is 12.0 Å². The maximum absolute atomic E-state index is 6.10. The van der Waals surface area contributed by atoms with Gasteiger partial charge in [-0.3, -0.25) is 9.58 Å². The zero-order valence-electron chi connectivity index (χ0n) is 13.3. The van der Waals surface area contributed by atoms with Gasteiger partial charge in [-0.25, -0.2) is 0 Å². The van der Waals surface area contributed by atoms with Gasteiger partial charge in [0.25, 0.3) is 0 Å². The van der Waals surface area contributed by atoms with Crippen molar-refractivity contribution in [3.05, 3.63) is 17.5 Å². The molecule has 0 saturated carbocycles. The van der Waals surface area contributed by atoms with Gasteiger partial charge in [-0.2, -0.15) is 5.10 Å². The largest absolute Gasteiger partial charge is 0.330 e. The third-order valence-electron chi connectivity index (χ3n) is 4.51. The highest BCUT2D eigenvalue weighted by atomic mass is 15.3. The summed E-state index contributed by atoms with van der Waals surface area (Å²) in [6, 6.07) is 0.464. The summed E-state index contributed by atoms with van der Waals surface area (Å²) in [6.45, 7) is 7.61. The molecule has 0 spiro atoms. The Morgan fingerprint density at radius 1 is 1.35 bits per heavy atom. The minimum Gasteiger partial charge on any atom is -0.330 e. The molecule has 0 aromatic carbocycles. The smallest absolute Gasteiger partial charge is 0.0669 e. The molecule has 2 heterocycles. The predicted octanol–water partition coefficient (Wildman–Crippen LogP) is 2.49. The molecule has 4 heteroatoms. The SMILES string of the molecule is CCCN1CCCCC(CN)C1c1cn(C)nc1CC. The number of hydrogen-bond acceptors (Lipinski definition) is 3. The molecule has 1 aliphatic rings. The van der Waals surface area contributed by atoms with E-state index in [2.05, 4.69) is 30.0 Å². The lowest BCUT2D eigenvalue weighted by molar-refractivity contribution is 0.157. The van der Waals surface area contributed by atoms with Gasteiger partial charge in [-0.1, -0.05) is 20.3 Å². The van der Waals surface area contributed by atoms with Crippen molar-refractivity contribution in [1.29, 1.82) is 0 Å². The lowest BCUT2D eigenvalue weighted by Gasteiger charge is -2.34. The van der Waals surface area contributed by atoms with Crippen LogP contribution >= 0.6 is 0 Å². The van der Waals surface area contributed by atoms with Crippen molar-refractivity contribution in [3.8, 4) is 0 Å². The molecule has 114 valence electrons. The van der Waals surface area contributed by atoms with E-state index in [9.17, 15) is 0 Å². The lowest BCUT2D eigenvalue weighted by atomic mass is 9.89. The van der Waals surface area contributed by atoms with Crippen molar-refractivity contribution >= 4 is 0 Å². The van der Waals surface area contributed by atoms with Gasteiger partial charge in [0.05, 0.1) is 5.69 Å². The van der Waals surface area contributed by atoms with E-state index in [1.165, 1.54) is 50.0 Å². The van der Waals surface area contributed by atoms with Crippen LogP contribution in [0.4, 0.5) is 0 Å². The molecule has 0 bridgehead atoms. The van der Waals surface area contributed by atoms with Gasteiger partial charge < -0.3 is 5.73 Å². The van der Waals surface area contributed by atoms with Crippen LogP contribution in [0.5, 0.6) is 0 Å². The van der Waals surface area contributed by atoms with E-state index in [0.717, 1.165) is 13.0 Å². The van der Waals surface area contributed by atoms with E-state index in [1.54, 1.807) is 0 Å². The molecule has 0 amide bonds.